The van der Waals surface area contributed by atoms with E-state index in [9.17, 15) is 4.79 Å². The summed E-state index contributed by atoms with van der Waals surface area (Å²) in [5, 5.41) is 2.77. The van der Waals surface area contributed by atoms with Crippen LogP contribution in [0.15, 0.2) is 28.2 Å². The Kier molecular flexibility index (Phi) is 3.84. The summed E-state index contributed by atoms with van der Waals surface area (Å²) >= 11 is 1.51. The zero-order valence-electron chi connectivity index (χ0n) is 11.4. The van der Waals surface area contributed by atoms with Gasteiger partial charge >= 0.3 is 0 Å². The predicted molar refractivity (Wildman–Crippen MR) is 77.6 cm³/mol. The molecule has 0 bridgehead atoms. The predicted octanol–water partition coefficient (Wildman–Crippen LogP) is 1.72. The van der Waals surface area contributed by atoms with Crippen molar-refractivity contribution in [2.45, 2.75) is 6.42 Å². The van der Waals surface area contributed by atoms with Crippen molar-refractivity contribution in [2.75, 3.05) is 33.2 Å². The minimum atomic E-state index is 0.161. The van der Waals surface area contributed by atoms with Crippen molar-refractivity contribution < 1.29 is 9.21 Å². The Labute approximate surface area is 121 Å². The number of furan rings is 1. The summed E-state index contributed by atoms with van der Waals surface area (Å²) in [6.45, 7) is 3.51. The number of aromatic nitrogens is 1. The van der Waals surface area contributed by atoms with E-state index >= 15 is 0 Å². The third-order valence-corrected chi connectivity index (χ3v) is 4.38. The molecule has 0 spiro atoms. The molecule has 1 amide bonds. The molecule has 3 heterocycles. The first-order valence-corrected chi connectivity index (χ1v) is 7.55. The normalized spacial score (nSPS) is 16.6. The van der Waals surface area contributed by atoms with Crippen LogP contribution in [-0.4, -0.2) is 53.9 Å². The number of hydrogen-bond donors (Lipinski definition) is 0. The first kappa shape index (κ1) is 13.3. The number of rotatable bonds is 3. The maximum absolute atomic E-state index is 12.2. The highest BCUT2D eigenvalue weighted by Gasteiger charge is 2.20. The number of hydrogen-bond acceptors (Lipinski definition) is 5. The molecule has 2 aromatic rings. The minimum absolute atomic E-state index is 0.161. The Morgan fingerprint density at radius 1 is 1.40 bits per heavy atom. The number of thiazole rings is 1. The molecule has 0 atom stereocenters. The molecule has 1 saturated heterocycles. The van der Waals surface area contributed by atoms with Crippen LogP contribution in [0, 0.1) is 0 Å². The van der Waals surface area contributed by atoms with Gasteiger partial charge in [0.2, 0.25) is 5.91 Å². The van der Waals surface area contributed by atoms with Gasteiger partial charge < -0.3 is 14.2 Å². The van der Waals surface area contributed by atoms with E-state index in [-0.39, 0.29) is 5.91 Å². The summed E-state index contributed by atoms with van der Waals surface area (Å²) in [6, 6.07) is 3.72. The number of amides is 1. The van der Waals surface area contributed by atoms with Crippen LogP contribution >= 0.6 is 11.3 Å². The molecule has 0 aliphatic carbocycles. The van der Waals surface area contributed by atoms with Crippen molar-refractivity contribution in [3.63, 3.8) is 0 Å². The van der Waals surface area contributed by atoms with Crippen LogP contribution < -0.4 is 0 Å². The average Bonchev–Trinajstić information content (AvgIpc) is 3.09. The van der Waals surface area contributed by atoms with Crippen molar-refractivity contribution in [2.24, 2.45) is 0 Å². The van der Waals surface area contributed by atoms with E-state index in [4.69, 9.17) is 4.42 Å². The van der Waals surface area contributed by atoms with Gasteiger partial charge in [-0.2, -0.15) is 0 Å². The van der Waals surface area contributed by atoms with Gasteiger partial charge in [-0.25, -0.2) is 4.98 Å². The molecule has 1 aliphatic rings. The second kappa shape index (κ2) is 5.76. The fourth-order valence-electron chi connectivity index (χ4n) is 2.22. The largest absolute Gasteiger partial charge is 0.462 e. The van der Waals surface area contributed by atoms with Gasteiger partial charge in [0.25, 0.3) is 0 Å². The van der Waals surface area contributed by atoms with Gasteiger partial charge in [-0.3, -0.25) is 4.79 Å². The van der Waals surface area contributed by atoms with Gasteiger partial charge in [-0.15, -0.1) is 11.3 Å². The number of nitrogens with zero attached hydrogens (tertiary/aromatic N) is 3. The Bertz CT molecular complexity index is 571. The number of piperazine rings is 1. The maximum Gasteiger partial charge on any atom is 0.228 e. The third kappa shape index (κ3) is 2.91. The lowest BCUT2D eigenvalue weighted by atomic mass is 10.2. The summed E-state index contributed by atoms with van der Waals surface area (Å²) in [5.74, 6) is 0.919. The fourth-order valence-corrected chi connectivity index (χ4v) is 3.01. The summed E-state index contributed by atoms with van der Waals surface area (Å²) < 4.78 is 5.31. The van der Waals surface area contributed by atoms with Crippen molar-refractivity contribution in [1.29, 1.82) is 0 Å². The highest BCUT2D eigenvalue weighted by molar-refractivity contribution is 7.13. The molecule has 0 saturated carbocycles. The molecule has 0 N–H and O–H groups in total. The standard InChI is InChI=1S/C14H17N3O2S/c1-16-4-6-17(7-5-16)13(18)9-11-10-20-14(15-11)12-3-2-8-19-12/h2-3,8,10H,4-7,9H2,1H3. The molecule has 0 radical (unpaired) electrons. The number of likely N-dealkylation sites (N-methyl/N-ethyl adjacent to an activating group) is 1. The molecular weight excluding hydrogens is 274 g/mol. The summed E-state index contributed by atoms with van der Waals surface area (Å²) in [4.78, 5) is 20.8. The van der Waals surface area contributed by atoms with Crippen molar-refractivity contribution >= 4 is 17.2 Å². The zero-order chi connectivity index (χ0) is 13.9. The van der Waals surface area contributed by atoms with Crippen molar-refractivity contribution in [3.05, 3.63) is 29.5 Å². The van der Waals surface area contributed by atoms with E-state index in [1.807, 2.05) is 22.4 Å². The van der Waals surface area contributed by atoms with E-state index in [2.05, 4.69) is 16.9 Å². The topological polar surface area (TPSA) is 49.6 Å². The van der Waals surface area contributed by atoms with E-state index in [1.165, 1.54) is 11.3 Å². The molecule has 1 aliphatic heterocycles. The Balaban J connectivity index is 1.62. The fraction of sp³-hybridized carbons (Fsp3) is 0.429. The van der Waals surface area contributed by atoms with Crippen LogP contribution in [0.1, 0.15) is 5.69 Å². The second-order valence-corrected chi connectivity index (χ2v) is 5.84. The number of carbonyl (C=O) groups excluding carboxylic acids is 1. The van der Waals surface area contributed by atoms with Crippen LogP contribution in [0.5, 0.6) is 0 Å². The average molecular weight is 291 g/mol. The second-order valence-electron chi connectivity index (χ2n) is 4.98. The molecule has 1 fully saturated rings. The van der Waals surface area contributed by atoms with Crippen LogP contribution in [-0.2, 0) is 11.2 Å². The van der Waals surface area contributed by atoms with Gasteiger partial charge in [0, 0.05) is 31.6 Å². The Morgan fingerprint density at radius 3 is 2.90 bits per heavy atom. The van der Waals surface area contributed by atoms with Gasteiger partial charge in [-0.1, -0.05) is 0 Å². The molecule has 20 heavy (non-hydrogen) atoms. The molecule has 3 rings (SSSR count). The number of carbonyl (C=O) groups is 1. The van der Waals surface area contributed by atoms with Gasteiger partial charge in [-0.05, 0) is 19.2 Å². The van der Waals surface area contributed by atoms with Crippen LogP contribution in [0.25, 0.3) is 10.8 Å². The monoisotopic (exact) mass is 291 g/mol. The molecule has 5 nitrogen and oxygen atoms in total. The van der Waals surface area contributed by atoms with Crippen molar-refractivity contribution in [3.8, 4) is 10.8 Å². The molecule has 106 valence electrons. The van der Waals surface area contributed by atoms with Gasteiger partial charge in [0.1, 0.15) is 0 Å². The summed E-state index contributed by atoms with van der Waals surface area (Å²) in [5.41, 5.74) is 0.824. The van der Waals surface area contributed by atoms with E-state index < -0.39 is 0 Å². The third-order valence-electron chi connectivity index (χ3n) is 3.47. The van der Waals surface area contributed by atoms with Gasteiger partial charge in [0.15, 0.2) is 10.8 Å². The van der Waals surface area contributed by atoms with Gasteiger partial charge in [0.05, 0.1) is 18.4 Å². The first-order valence-electron chi connectivity index (χ1n) is 6.67. The minimum Gasteiger partial charge on any atom is -0.462 e. The molecular formula is C14H17N3O2S. The van der Waals surface area contributed by atoms with Crippen LogP contribution in [0.2, 0.25) is 0 Å². The first-order chi connectivity index (χ1) is 9.72. The SMILES string of the molecule is CN1CCN(C(=O)Cc2csc(-c3ccco3)n2)CC1. The lowest BCUT2D eigenvalue weighted by Gasteiger charge is -2.32. The van der Waals surface area contributed by atoms with Crippen LogP contribution in [0.3, 0.4) is 0 Å². The van der Waals surface area contributed by atoms with E-state index in [1.54, 1.807) is 6.26 Å². The van der Waals surface area contributed by atoms with Crippen LogP contribution in [0.4, 0.5) is 0 Å². The molecule has 2 aromatic heterocycles. The Hall–Kier alpha value is -1.66. The molecule has 6 heteroatoms. The lowest BCUT2D eigenvalue weighted by Crippen LogP contribution is -2.47. The highest BCUT2D eigenvalue weighted by Crippen LogP contribution is 2.24. The van der Waals surface area contributed by atoms with E-state index in [0.29, 0.717) is 6.42 Å². The smallest absolute Gasteiger partial charge is 0.228 e. The lowest BCUT2D eigenvalue weighted by molar-refractivity contribution is -0.132. The van der Waals surface area contributed by atoms with E-state index in [0.717, 1.165) is 42.6 Å². The summed E-state index contributed by atoms with van der Waals surface area (Å²) in [7, 11) is 2.08. The maximum atomic E-state index is 12.2. The Morgan fingerprint density at radius 2 is 2.20 bits per heavy atom. The zero-order valence-corrected chi connectivity index (χ0v) is 12.2. The molecule has 0 unspecified atom stereocenters. The molecule has 0 aromatic carbocycles. The summed E-state index contributed by atoms with van der Waals surface area (Å²) in [6.07, 6.45) is 2.01. The van der Waals surface area contributed by atoms with Crippen molar-refractivity contribution in [1.82, 2.24) is 14.8 Å². The highest BCUT2D eigenvalue weighted by atomic mass is 32.1. The quantitative estimate of drug-likeness (QED) is 0.864.